The van der Waals surface area contributed by atoms with Crippen molar-refractivity contribution in [2.75, 3.05) is 12.8 Å². The predicted molar refractivity (Wildman–Crippen MR) is 72.9 cm³/mol. The molecule has 0 aliphatic carbocycles. The Hall–Kier alpha value is -1.75. The van der Waals surface area contributed by atoms with Crippen molar-refractivity contribution in [2.45, 2.75) is 16.2 Å². The highest BCUT2D eigenvalue weighted by Gasteiger charge is 2.15. The van der Waals surface area contributed by atoms with Gasteiger partial charge in [-0.25, -0.2) is 8.78 Å². The van der Waals surface area contributed by atoms with E-state index in [9.17, 15) is 8.78 Å². The molecule has 0 atom stereocenters. The van der Waals surface area contributed by atoms with Crippen LogP contribution in [0.4, 0.5) is 14.5 Å². The smallest absolute Gasteiger partial charge is 0.265 e. The van der Waals surface area contributed by atoms with Crippen molar-refractivity contribution >= 4 is 17.4 Å². The van der Waals surface area contributed by atoms with Crippen molar-refractivity contribution < 1.29 is 13.5 Å². The van der Waals surface area contributed by atoms with Crippen LogP contribution >= 0.6 is 11.8 Å². The highest BCUT2D eigenvalue weighted by atomic mass is 32.2. The fourth-order valence-electron chi connectivity index (χ4n) is 1.65. The molecule has 0 fully saturated rings. The van der Waals surface area contributed by atoms with Crippen molar-refractivity contribution in [1.29, 1.82) is 0 Å². The summed E-state index contributed by atoms with van der Waals surface area (Å²) in [4.78, 5) is 1.27. The Morgan fingerprint density at radius 2 is 1.84 bits per heavy atom. The largest absolute Gasteiger partial charge is 0.496 e. The number of alkyl halides is 2. The summed E-state index contributed by atoms with van der Waals surface area (Å²) < 4.78 is 31.2. The molecule has 2 rings (SSSR count). The summed E-state index contributed by atoms with van der Waals surface area (Å²) in [6, 6.07) is 11.8. The van der Waals surface area contributed by atoms with E-state index in [2.05, 4.69) is 0 Å². The van der Waals surface area contributed by atoms with E-state index in [-0.39, 0.29) is 5.56 Å². The molecule has 2 nitrogen and oxygen atoms in total. The molecule has 0 unspecified atom stereocenters. The molecule has 19 heavy (non-hydrogen) atoms. The van der Waals surface area contributed by atoms with Crippen LogP contribution in [0.25, 0.3) is 0 Å². The normalized spacial score (nSPS) is 10.7. The summed E-state index contributed by atoms with van der Waals surface area (Å²) in [6.45, 7) is 0. The zero-order valence-corrected chi connectivity index (χ0v) is 11.1. The SMILES string of the molecule is COc1ccccc1Sc1ccc(N)cc1C(F)F. The lowest BCUT2D eigenvalue weighted by molar-refractivity contribution is 0.148. The molecule has 0 bridgehead atoms. The van der Waals surface area contributed by atoms with E-state index in [1.165, 1.54) is 17.8 Å². The number of para-hydroxylation sites is 1. The molecule has 0 aromatic heterocycles. The van der Waals surface area contributed by atoms with Gasteiger partial charge in [-0.05, 0) is 30.3 Å². The number of anilines is 1. The lowest BCUT2D eigenvalue weighted by atomic mass is 10.2. The van der Waals surface area contributed by atoms with Crippen molar-refractivity contribution in [3.05, 3.63) is 48.0 Å². The molecule has 0 aliphatic heterocycles. The summed E-state index contributed by atoms with van der Waals surface area (Å²) in [6.07, 6.45) is -2.55. The van der Waals surface area contributed by atoms with Gasteiger partial charge in [0, 0.05) is 16.1 Å². The second-order valence-electron chi connectivity index (χ2n) is 3.85. The standard InChI is InChI=1S/C14H13F2NOS/c1-18-11-4-2-3-5-13(11)19-12-7-6-9(17)8-10(12)14(15)16/h2-8,14H,17H2,1H3. The van der Waals surface area contributed by atoms with Gasteiger partial charge in [0.1, 0.15) is 5.75 Å². The van der Waals surface area contributed by atoms with Gasteiger partial charge in [-0.15, -0.1) is 0 Å². The van der Waals surface area contributed by atoms with Gasteiger partial charge in [0.05, 0.1) is 12.0 Å². The van der Waals surface area contributed by atoms with Crippen LogP contribution in [0.15, 0.2) is 52.3 Å². The molecule has 0 spiro atoms. The summed E-state index contributed by atoms with van der Waals surface area (Å²) in [5.74, 6) is 0.657. The van der Waals surface area contributed by atoms with Gasteiger partial charge in [0.25, 0.3) is 6.43 Å². The zero-order valence-electron chi connectivity index (χ0n) is 10.3. The van der Waals surface area contributed by atoms with Crippen LogP contribution in [0.2, 0.25) is 0 Å². The number of methoxy groups -OCH3 is 1. The van der Waals surface area contributed by atoms with Crippen molar-refractivity contribution in [2.24, 2.45) is 0 Å². The molecule has 0 radical (unpaired) electrons. The van der Waals surface area contributed by atoms with Gasteiger partial charge in [-0.3, -0.25) is 0 Å². The zero-order chi connectivity index (χ0) is 13.8. The lowest BCUT2D eigenvalue weighted by Gasteiger charge is -2.11. The Balaban J connectivity index is 2.38. The minimum atomic E-state index is -2.55. The second kappa shape index (κ2) is 5.93. The Labute approximate surface area is 114 Å². The number of hydrogen-bond donors (Lipinski definition) is 1. The van der Waals surface area contributed by atoms with Crippen LogP contribution in [-0.4, -0.2) is 7.11 Å². The van der Waals surface area contributed by atoms with Crippen LogP contribution in [0.1, 0.15) is 12.0 Å². The van der Waals surface area contributed by atoms with Crippen LogP contribution in [0, 0.1) is 0 Å². The van der Waals surface area contributed by atoms with Gasteiger partial charge in [0.15, 0.2) is 0 Å². The predicted octanol–water partition coefficient (Wildman–Crippen LogP) is 4.37. The molecule has 2 aromatic rings. The molecule has 2 N–H and O–H groups in total. The molecule has 0 amide bonds. The van der Waals surface area contributed by atoms with Gasteiger partial charge in [0.2, 0.25) is 0 Å². The first-order chi connectivity index (χ1) is 9.11. The molecule has 0 aliphatic rings. The topological polar surface area (TPSA) is 35.2 Å². The Kier molecular flexibility index (Phi) is 4.27. The maximum absolute atomic E-state index is 13.0. The van der Waals surface area contributed by atoms with Crippen molar-refractivity contribution in [3.63, 3.8) is 0 Å². The lowest BCUT2D eigenvalue weighted by Crippen LogP contribution is -1.93. The average Bonchev–Trinajstić information content (AvgIpc) is 2.41. The second-order valence-corrected chi connectivity index (χ2v) is 4.93. The van der Waals surface area contributed by atoms with E-state index in [1.807, 2.05) is 18.2 Å². The fourth-order valence-corrected chi connectivity index (χ4v) is 2.69. The molecular weight excluding hydrogens is 268 g/mol. The number of benzene rings is 2. The Morgan fingerprint density at radius 1 is 1.11 bits per heavy atom. The molecular formula is C14H13F2NOS. The molecule has 0 saturated heterocycles. The average molecular weight is 281 g/mol. The molecule has 0 saturated carbocycles. The number of hydrogen-bond acceptors (Lipinski definition) is 3. The first-order valence-corrected chi connectivity index (χ1v) is 6.42. The van der Waals surface area contributed by atoms with Gasteiger partial charge in [-0.1, -0.05) is 23.9 Å². The maximum atomic E-state index is 13.0. The minimum Gasteiger partial charge on any atom is -0.496 e. The van der Waals surface area contributed by atoms with E-state index in [0.29, 0.717) is 16.3 Å². The summed E-state index contributed by atoms with van der Waals surface area (Å²) in [7, 11) is 1.55. The molecule has 0 heterocycles. The Morgan fingerprint density at radius 3 is 2.53 bits per heavy atom. The van der Waals surface area contributed by atoms with Crippen molar-refractivity contribution in [1.82, 2.24) is 0 Å². The maximum Gasteiger partial charge on any atom is 0.265 e. The monoisotopic (exact) mass is 281 g/mol. The summed E-state index contributed by atoms with van der Waals surface area (Å²) in [5.41, 5.74) is 5.82. The van der Waals surface area contributed by atoms with Crippen LogP contribution in [0.3, 0.4) is 0 Å². The quantitative estimate of drug-likeness (QED) is 0.845. The number of halogens is 2. The number of rotatable bonds is 4. The highest BCUT2D eigenvalue weighted by molar-refractivity contribution is 7.99. The van der Waals surface area contributed by atoms with Gasteiger partial charge < -0.3 is 10.5 Å². The number of nitrogens with two attached hydrogens (primary N) is 1. The number of ether oxygens (including phenoxy) is 1. The first-order valence-electron chi connectivity index (χ1n) is 5.60. The van der Waals surface area contributed by atoms with Crippen molar-refractivity contribution in [3.8, 4) is 5.75 Å². The van der Waals surface area contributed by atoms with Gasteiger partial charge in [-0.2, -0.15) is 0 Å². The van der Waals surface area contributed by atoms with Crippen LogP contribution < -0.4 is 10.5 Å². The third kappa shape index (κ3) is 3.17. The summed E-state index contributed by atoms with van der Waals surface area (Å²) >= 11 is 1.24. The molecule has 5 heteroatoms. The minimum absolute atomic E-state index is 0.0593. The van der Waals surface area contributed by atoms with Gasteiger partial charge >= 0.3 is 0 Å². The third-order valence-corrected chi connectivity index (χ3v) is 3.71. The third-order valence-electron chi connectivity index (χ3n) is 2.56. The molecule has 100 valence electrons. The van der Waals surface area contributed by atoms with E-state index in [4.69, 9.17) is 10.5 Å². The first kappa shape index (κ1) is 13.7. The Bertz CT molecular complexity index is 575. The number of nitrogen functional groups attached to an aromatic ring is 1. The molecule has 2 aromatic carbocycles. The van der Waals surface area contributed by atoms with E-state index >= 15 is 0 Å². The van der Waals surface area contributed by atoms with E-state index in [0.717, 1.165) is 4.90 Å². The van der Waals surface area contributed by atoms with E-state index < -0.39 is 6.43 Å². The summed E-state index contributed by atoms with van der Waals surface area (Å²) in [5, 5.41) is 0. The van der Waals surface area contributed by atoms with Crippen LogP contribution in [-0.2, 0) is 0 Å². The highest BCUT2D eigenvalue weighted by Crippen LogP contribution is 2.39. The fraction of sp³-hybridized carbons (Fsp3) is 0.143. The van der Waals surface area contributed by atoms with Crippen LogP contribution in [0.5, 0.6) is 5.75 Å². The van der Waals surface area contributed by atoms with E-state index in [1.54, 1.807) is 25.3 Å².